The predicted octanol–water partition coefficient (Wildman–Crippen LogP) is 2.19. The first-order valence-electron chi connectivity index (χ1n) is 5.07. The topological polar surface area (TPSA) is 21.3 Å². The first kappa shape index (κ1) is 11.9. The van der Waals surface area contributed by atoms with E-state index in [4.69, 9.17) is 4.74 Å². The number of rotatable bonds is 8. The maximum Gasteiger partial charge on any atom is 0.0615 e. The first-order chi connectivity index (χ1) is 5.85. The van der Waals surface area contributed by atoms with Crippen molar-refractivity contribution in [3.8, 4) is 0 Å². The third-order valence-corrected chi connectivity index (χ3v) is 1.96. The van der Waals surface area contributed by atoms with Crippen molar-refractivity contribution in [3.05, 3.63) is 0 Å². The molecule has 12 heavy (non-hydrogen) atoms. The summed E-state index contributed by atoms with van der Waals surface area (Å²) in [5, 5.41) is 3.48. The highest BCUT2D eigenvalue weighted by atomic mass is 16.5. The van der Waals surface area contributed by atoms with Crippen LogP contribution in [0.5, 0.6) is 0 Å². The SMILES string of the molecule is CCCCC(COC)NCCC. The Balaban J connectivity index is 3.40. The zero-order chi connectivity index (χ0) is 9.23. The highest BCUT2D eigenvalue weighted by Gasteiger charge is 2.05. The fraction of sp³-hybridized carbons (Fsp3) is 1.00. The third-order valence-electron chi connectivity index (χ3n) is 1.96. The van der Waals surface area contributed by atoms with Crippen LogP contribution in [0.2, 0.25) is 0 Å². The summed E-state index contributed by atoms with van der Waals surface area (Å²) in [7, 11) is 1.77. The molecule has 0 aromatic rings. The Hall–Kier alpha value is -0.0800. The van der Waals surface area contributed by atoms with Crippen molar-refractivity contribution < 1.29 is 4.74 Å². The molecule has 0 radical (unpaired) electrons. The molecule has 0 saturated heterocycles. The number of nitrogens with one attached hydrogen (secondary N) is 1. The zero-order valence-corrected chi connectivity index (χ0v) is 8.73. The van der Waals surface area contributed by atoms with Gasteiger partial charge in [-0.2, -0.15) is 0 Å². The summed E-state index contributed by atoms with van der Waals surface area (Å²) in [5.74, 6) is 0. The first-order valence-corrected chi connectivity index (χ1v) is 5.07. The molecular weight excluding hydrogens is 150 g/mol. The quantitative estimate of drug-likeness (QED) is 0.607. The molecule has 0 aliphatic heterocycles. The summed E-state index contributed by atoms with van der Waals surface area (Å²) in [6, 6.07) is 0.565. The molecule has 0 spiro atoms. The van der Waals surface area contributed by atoms with Crippen molar-refractivity contribution in [1.29, 1.82) is 0 Å². The molecular formula is C10H23NO. The smallest absolute Gasteiger partial charge is 0.0615 e. The highest BCUT2D eigenvalue weighted by molar-refractivity contribution is 4.64. The van der Waals surface area contributed by atoms with Gasteiger partial charge in [0, 0.05) is 13.2 Å². The van der Waals surface area contributed by atoms with Crippen LogP contribution in [-0.2, 0) is 4.74 Å². The van der Waals surface area contributed by atoms with E-state index in [1.165, 1.54) is 25.7 Å². The van der Waals surface area contributed by atoms with Gasteiger partial charge in [0.25, 0.3) is 0 Å². The third kappa shape index (κ3) is 6.62. The summed E-state index contributed by atoms with van der Waals surface area (Å²) in [5.41, 5.74) is 0. The lowest BCUT2D eigenvalue weighted by Crippen LogP contribution is -2.33. The minimum absolute atomic E-state index is 0.565. The predicted molar refractivity (Wildman–Crippen MR) is 53.5 cm³/mol. The maximum atomic E-state index is 5.14. The van der Waals surface area contributed by atoms with Gasteiger partial charge in [-0.05, 0) is 19.4 Å². The van der Waals surface area contributed by atoms with Crippen LogP contribution in [0.3, 0.4) is 0 Å². The van der Waals surface area contributed by atoms with Crippen molar-refractivity contribution in [1.82, 2.24) is 5.32 Å². The largest absolute Gasteiger partial charge is 0.383 e. The van der Waals surface area contributed by atoms with E-state index >= 15 is 0 Å². The minimum Gasteiger partial charge on any atom is -0.383 e. The summed E-state index contributed by atoms with van der Waals surface area (Å²) in [6.07, 6.45) is 5.01. The number of ether oxygens (including phenoxy) is 1. The lowest BCUT2D eigenvalue weighted by atomic mass is 10.1. The molecule has 0 aliphatic carbocycles. The van der Waals surface area contributed by atoms with E-state index in [-0.39, 0.29) is 0 Å². The summed E-state index contributed by atoms with van der Waals surface area (Å²) >= 11 is 0. The second-order valence-corrected chi connectivity index (χ2v) is 3.25. The minimum atomic E-state index is 0.565. The van der Waals surface area contributed by atoms with Gasteiger partial charge in [-0.15, -0.1) is 0 Å². The average molecular weight is 173 g/mol. The monoisotopic (exact) mass is 173 g/mol. The van der Waals surface area contributed by atoms with E-state index in [0.29, 0.717) is 6.04 Å². The molecule has 74 valence electrons. The molecule has 0 fully saturated rings. The van der Waals surface area contributed by atoms with Gasteiger partial charge in [-0.25, -0.2) is 0 Å². The van der Waals surface area contributed by atoms with Gasteiger partial charge >= 0.3 is 0 Å². The van der Waals surface area contributed by atoms with Gasteiger partial charge in [0.2, 0.25) is 0 Å². The number of hydrogen-bond donors (Lipinski definition) is 1. The zero-order valence-electron chi connectivity index (χ0n) is 8.73. The molecule has 1 atom stereocenters. The Labute approximate surface area is 76.7 Å². The van der Waals surface area contributed by atoms with Crippen molar-refractivity contribution >= 4 is 0 Å². The van der Waals surface area contributed by atoms with Crippen LogP contribution < -0.4 is 5.32 Å². The average Bonchev–Trinajstić information content (AvgIpc) is 2.10. The van der Waals surface area contributed by atoms with Gasteiger partial charge < -0.3 is 10.1 Å². The van der Waals surface area contributed by atoms with Crippen molar-refractivity contribution in [2.75, 3.05) is 20.3 Å². The summed E-state index contributed by atoms with van der Waals surface area (Å²) in [6.45, 7) is 6.37. The molecule has 0 saturated carbocycles. The van der Waals surface area contributed by atoms with Crippen molar-refractivity contribution in [2.24, 2.45) is 0 Å². The Morgan fingerprint density at radius 3 is 2.50 bits per heavy atom. The van der Waals surface area contributed by atoms with Crippen LogP contribution in [0.1, 0.15) is 39.5 Å². The van der Waals surface area contributed by atoms with E-state index < -0.39 is 0 Å². The van der Waals surface area contributed by atoms with Crippen LogP contribution in [0.4, 0.5) is 0 Å². The molecule has 2 nitrogen and oxygen atoms in total. The van der Waals surface area contributed by atoms with Crippen LogP contribution in [0, 0.1) is 0 Å². The van der Waals surface area contributed by atoms with Crippen LogP contribution in [-0.4, -0.2) is 26.3 Å². The summed E-state index contributed by atoms with van der Waals surface area (Å²) in [4.78, 5) is 0. The van der Waals surface area contributed by atoms with Gasteiger partial charge in [-0.3, -0.25) is 0 Å². The Morgan fingerprint density at radius 1 is 1.25 bits per heavy atom. The van der Waals surface area contributed by atoms with Crippen LogP contribution in [0.25, 0.3) is 0 Å². The standard InChI is InChI=1S/C10H23NO/c1-4-6-7-10(9-12-3)11-8-5-2/h10-11H,4-9H2,1-3H3. The van der Waals surface area contributed by atoms with Gasteiger partial charge in [0.05, 0.1) is 6.61 Å². The van der Waals surface area contributed by atoms with E-state index in [9.17, 15) is 0 Å². The molecule has 1 unspecified atom stereocenters. The van der Waals surface area contributed by atoms with Gasteiger partial charge in [-0.1, -0.05) is 26.7 Å². The highest BCUT2D eigenvalue weighted by Crippen LogP contribution is 2.00. The van der Waals surface area contributed by atoms with Crippen LogP contribution >= 0.6 is 0 Å². The van der Waals surface area contributed by atoms with E-state index in [2.05, 4.69) is 19.2 Å². The molecule has 0 bridgehead atoms. The normalized spacial score (nSPS) is 13.2. The van der Waals surface area contributed by atoms with Gasteiger partial charge in [0.15, 0.2) is 0 Å². The molecule has 1 N–H and O–H groups in total. The van der Waals surface area contributed by atoms with Crippen molar-refractivity contribution in [3.63, 3.8) is 0 Å². The molecule has 0 aliphatic rings. The molecule has 0 heterocycles. The Morgan fingerprint density at radius 2 is 2.00 bits per heavy atom. The lowest BCUT2D eigenvalue weighted by molar-refractivity contribution is 0.161. The fourth-order valence-electron chi connectivity index (χ4n) is 1.24. The molecule has 0 rings (SSSR count). The molecule has 0 amide bonds. The number of hydrogen-bond acceptors (Lipinski definition) is 2. The van der Waals surface area contributed by atoms with Crippen LogP contribution in [0.15, 0.2) is 0 Å². The van der Waals surface area contributed by atoms with E-state index in [1.54, 1.807) is 7.11 Å². The molecule has 0 aromatic heterocycles. The fourth-order valence-corrected chi connectivity index (χ4v) is 1.24. The maximum absolute atomic E-state index is 5.14. The molecule has 2 heteroatoms. The number of methoxy groups -OCH3 is 1. The Bertz CT molecular complexity index is 77.9. The number of unbranched alkanes of at least 4 members (excludes halogenated alkanes) is 1. The second kappa shape index (κ2) is 9.01. The van der Waals surface area contributed by atoms with Crippen molar-refractivity contribution in [2.45, 2.75) is 45.6 Å². The van der Waals surface area contributed by atoms with Gasteiger partial charge in [0.1, 0.15) is 0 Å². The lowest BCUT2D eigenvalue weighted by Gasteiger charge is -2.16. The second-order valence-electron chi connectivity index (χ2n) is 3.25. The summed E-state index contributed by atoms with van der Waals surface area (Å²) < 4.78 is 5.14. The molecule has 0 aromatic carbocycles. The van der Waals surface area contributed by atoms with E-state index in [0.717, 1.165) is 13.2 Å². The van der Waals surface area contributed by atoms with E-state index in [1.807, 2.05) is 0 Å². The Kier molecular flexibility index (Phi) is 8.95.